The number of non-ortho nitro benzene ring substituents is 1. The largest absolute Gasteiger partial charge is 0.330 e. The molecule has 11 nitrogen and oxygen atoms in total. The Morgan fingerprint density at radius 3 is 2.54 bits per heavy atom. The van der Waals surface area contributed by atoms with Crippen molar-refractivity contribution in [3.8, 4) is 0 Å². The number of carbonyl (C=O) groups excluding carboxylic acids is 1. The molecule has 0 saturated carbocycles. The summed E-state index contributed by atoms with van der Waals surface area (Å²) in [6.45, 7) is 4.95. The van der Waals surface area contributed by atoms with E-state index in [0.29, 0.717) is 18.9 Å². The molecule has 0 bridgehead atoms. The van der Waals surface area contributed by atoms with Gasteiger partial charge in [0.25, 0.3) is 11.2 Å². The Bertz CT molecular complexity index is 1340. The number of amides is 1. The first-order chi connectivity index (χ1) is 16.8. The Balaban J connectivity index is 1.90. The maximum Gasteiger partial charge on any atom is 0.330 e. The number of hydrogen-bond donors (Lipinski definition) is 2. The smallest absolute Gasteiger partial charge is 0.323 e. The lowest BCUT2D eigenvalue weighted by atomic mass is 10.2. The Labute approximate surface area is 200 Å². The van der Waals surface area contributed by atoms with Gasteiger partial charge in [0.1, 0.15) is 11.6 Å². The fraction of sp³-hybridized carbons (Fsp3) is 0.478. The molecule has 0 unspecified atom stereocenters. The standard InChI is InChI=1S/C23H29FN6O5/c1-3-5-7-13-28-18(26-21-20(28)22(32)27-23(33)29(21)12-6-4-2)10-11-19(31)25-17-14-15(30(34)35)8-9-16(17)24/h8-9,14H,3-7,10-13H2,1-2H3,(H,25,31)(H,27,32,33). The molecule has 3 aromatic rings. The molecule has 0 aliphatic heterocycles. The van der Waals surface area contributed by atoms with Gasteiger partial charge in [-0.25, -0.2) is 14.2 Å². The van der Waals surface area contributed by atoms with Crippen molar-refractivity contribution in [2.75, 3.05) is 5.32 Å². The quantitative estimate of drug-likeness (QED) is 0.227. The summed E-state index contributed by atoms with van der Waals surface area (Å²) in [7, 11) is 0. The predicted molar refractivity (Wildman–Crippen MR) is 129 cm³/mol. The minimum atomic E-state index is -0.790. The number of hydrogen-bond acceptors (Lipinski definition) is 6. The lowest BCUT2D eigenvalue weighted by Gasteiger charge is -2.09. The van der Waals surface area contributed by atoms with Crippen molar-refractivity contribution in [2.45, 2.75) is 71.9 Å². The lowest BCUT2D eigenvalue weighted by molar-refractivity contribution is -0.384. The fourth-order valence-electron chi connectivity index (χ4n) is 3.85. The van der Waals surface area contributed by atoms with Gasteiger partial charge in [-0.05, 0) is 18.9 Å². The monoisotopic (exact) mass is 488 g/mol. The number of aromatic nitrogens is 4. The van der Waals surface area contributed by atoms with Gasteiger partial charge in [0, 0.05) is 38.1 Å². The normalized spacial score (nSPS) is 11.2. The fourth-order valence-corrected chi connectivity index (χ4v) is 3.85. The number of aromatic amines is 1. The molecule has 0 atom stereocenters. The molecule has 35 heavy (non-hydrogen) atoms. The van der Waals surface area contributed by atoms with E-state index in [2.05, 4.69) is 22.2 Å². The van der Waals surface area contributed by atoms with Crippen LogP contribution in [0.1, 0.15) is 58.2 Å². The molecule has 0 fully saturated rings. The van der Waals surface area contributed by atoms with Crippen LogP contribution in [0.15, 0.2) is 27.8 Å². The zero-order valence-corrected chi connectivity index (χ0v) is 19.8. The third-order valence-electron chi connectivity index (χ3n) is 5.70. The number of nitrogens with zero attached hydrogens (tertiary/aromatic N) is 4. The number of imidazole rings is 1. The van der Waals surface area contributed by atoms with E-state index in [1.54, 1.807) is 4.57 Å². The Morgan fingerprint density at radius 2 is 1.86 bits per heavy atom. The van der Waals surface area contributed by atoms with Crippen LogP contribution in [0.25, 0.3) is 11.2 Å². The van der Waals surface area contributed by atoms with E-state index in [1.165, 1.54) is 4.57 Å². The average Bonchev–Trinajstić information content (AvgIpc) is 3.17. The van der Waals surface area contributed by atoms with Crippen molar-refractivity contribution < 1.29 is 14.1 Å². The van der Waals surface area contributed by atoms with Crippen molar-refractivity contribution in [3.05, 3.63) is 60.8 Å². The summed E-state index contributed by atoms with van der Waals surface area (Å²) >= 11 is 0. The molecule has 2 N–H and O–H groups in total. The second-order valence-electron chi connectivity index (χ2n) is 8.29. The number of nitrogens with one attached hydrogen (secondary N) is 2. The van der Waals surface area contributed by atoms with E-state index in [9.17, 15) is 28.9 Å². The molecule has 188 valence electrons. The molecule has 0 aliphatic carbocycles. The number of nitro groups is 1. The number of halogens is 1. The molecule has 2 heterocycles. The van der Waals surface area contributed by atoms with Crippen LogP contribution in [0, 0.1) is 15.9 Å². The summed E-state index contributed by atoms with van der Waals surface area (Å²) < 4.78 is 17.2. The van der Waals surface area contributed by atoms with Gasteiger partial charge in [-0.3, -0.25) is 29.3 Å². The van der Waals surface area contributed by atoms with Gasteiger partial charge in [-0.15, -0.1) is 0 Å². The van der Waals surface area contributed by atoms with Crippen LogP contribution in [-0.2, 0) is 24.3 Å². The number of fused-ring (bicyclic) bond motifs is 1. The van der Waals surface area contributed by atoms with E-state index in [4.69, 9.17) is 0 Å². The molecule has 1 amide bonds. The molecular formula is C23H29FN6O5. The highest BCUT2D eigenvalue weighted by Gasteiger charge is 2.20. The maximum atomic E-state index is 14.0. The summed E-state index contributed by atoms with van der Waals surface area (Å²) in [5.74, 6) is -0.886. The van der Waals surface area contributed by atoms with Crippen molar-refractivity contribution in [1.82, 2.24) is 19.1 Å². The van der Waals surface area contributed by atoms with E-state index in [1.807, 2.05) is 6.92 Å². The minimum absolute atomic E-state index is 0.101. The second kappa shape index (κ2) is 11.5. The van der Waals surface area contributed by atoms with Gasteiger partial charge in [0.15, 0.2) is 11.2 Å². The van der Waals surface area contributed by atoms with Gasteiger partial charge < -0.3 is 9.88 Å². The number of H-pyrrole nitrogens is 1. The molecule has 0 spiro atoms. The highest BCUT2D eigenvalue weighted by molar-refractivity contribution is 5.91. The van der Waals surface area contributed by atoms with Crippen LogP contribution in [0.2, 0.25) is 0 Å². The van der Waals surface area contributed by atoms with Gasteiger partial charge in [0.05, 0.1) is 10.6 Å². The van der Waals surface area contributed by atoms with Gasteiger partial charge >= 0.3 is 5.69 Å². The zero-order chi connectivity index (χ0) is 25.5. The topological polar surface area (TPSA) is 145 Å². The molecular weight excluding hydrogens is 459 g/mol. The third kappa shape index (κ3) is 6.00. The van der Waals surface area contributed by atoms with Crippen LogP contribution < -0.4 is 16.6 Å². The van der Waals surface area contributed by atoms with E-state index in [0.717, 1.165) is 50.3 Å². The summed E-state index contributed by atoms with van der Waals surface area (Å²) in [6.07, 6.45) is 4.30. The number of unbranched alkanes of at least 4 members (excludes halogenated alkanes) is 3. The molecule has 0 aliphatic rings. The first kappa shape index (κ1) is 25.8. The number of nitro benzene ring substituents is 1. The lowest BCUT2D eigenvalue weighted by Crippen LogP contribution is -2.31. The van der Waals surface area contributed by atoms with Crippen LogP contribution in [0.3, 0.4) is 0 Å². The zero-order valence-electron chi connectivity index (χ0n) is 19.8. The Kier molecular flexibility index (Phi) is 8.50. The van der Waals surface area contributed by atoms with E-state index < -0.39 is 27.9 Å². The number of carbonyl (C=O) groups is 1. The number of aryl methyl sites for hydroxylation is 3. The molecule has 2 aromatic heterocycles. The Morgan fingerprint density at radius 1 is 1.14 bits per heavy atom. The highest BCUT2D eigenvalue weighted by atomic mass is 19.1. The summed E-state index contributed by atoms with van der Waals surface area (Å²) in [5, 5.41) is 13.3. The van der Waals surface area contributed by atoms with Crippen molar-refractivity contribution in [2.24, 2.45) is 0 Å². The van der Waals surface area contributed by atoms with Gasteiger partial charge in [0.2, 0.25) is 5.91 Å². The highest BCUT2D eigenvalue weighted by Crippen LogP contribution is 2.22. The van der Waals surface area contributed by atoms with Crippen LogP contribution in [0.4, 0.5) is 15.8 Å². The maximum absolute atomic E-state index is 14.0. The Hall–Kier alpha value is -3.83. The number of rotatable bonds is 12. The number of anilines is 1. The average molecular weight is 489 g/mol. The molecule has 12 heteroatoms. The second-order valence-corrected chi connectivity index (χ2v) is 8.29. The molecule has 1 aromatic carbocycles. The summed E-state index contributed by atoms with van der Waals surface area (Å²) in [6, 6.07) is 2.89. The summed E-state index contributed by atoms with van der Waals surface area (Å²) in [4.78, 5) is 54.8. The van der Waals surface area contributed by atoms with Crippen molar-refractivity contribution in [1.29, 1.82) is 0 Å². The minimum Gasteiger partial charge on any atom is -0.323 e. The van der Waals surface area contributed by atoms with Gasteiger partial charge in [-0.2, -0.15) is 0 Å². The third-order valence-corrected chi connectivity index (χ3v) is 5.70. The first-order valence-electron chi connectivity index (χ1n) is 11.7. The predicted octanol–water partition coefficient (Wildman–Crippen LogP) is 3.50. The van der Waals surface area contributed by atoms with Crippen molar-refractivity contribution in [3.63, 3.8) is 0 Å². The van der Waals surface area contributed by atoms with E-state index >= 15 is 0 Å². The summed E-state index contributed by atoms with van der Waals surface area (Å²) in [5.41, 5.74) is -1.12. The van der Waals surface area contributed by atoms with Crippen LogP contribution >= 0.6 is 0 Å². The number of benzene rings is 1. The van der Waals surface area contributed by atoms with Gasteiger partial charge in [-0.1, -0.05) is 33.1 Å². The van der Waals surface area contributed by atoms with Crippen LogP contribution in [0.5, 0.6) is 0 Å². The first-order valence-corrected chi connectivity index (χ1v) is 11.7. The SMILES string of the molecule is CCCCCn1c(CCC(=O)Nc2cc([N+](=O)[O-])ccc2F)nc2c1c(=O)[nH]c(=O)n2CCCC. The molecule has 0 saturated heterocycles. The molecule has 3 rings (SSSR count). The molecule has 0 radical (unpaired) electrons. The van der Waals surface area contributed by atoms with Crippen molar-refractivity contribution >= 4 is 28.4 Å². The van der Waals surface area contributed by atoms with E-state index in [-0.39, 0.29) is 35.4 Å². The van der Waals surface area contributed by atoms with Crippen LogP contribution in [-0.4, -0.2) is 29.9 Å².